The van der Waals surface area contributed by atoms with Crippen molar-refractivity contribution in [1.29, 1.82) is 0 Å². The van der Waals surface area contributed by atoms with Crippen molar-refractivity contribution in [1.82, 2.24) is 23.9 Å². The number of sulfonamides is 1. The van der Waals surface area contributed by atoms with Crippen molar-refractivity contribution in [2.24, 2.45) is 0 Å². The molecule has 162 valence electrons. The molecule has 0 radical (unpaired) electrons. The highest BCUT2D eigenvalue weighted by Gasteiger charge is 2.30. The molecule has 0 aliphatic carbocycles. The summed E-state index contributed by atoms with van der Waals surface area (Å²) in [7, 11) is -4.18. The van der Waals surface area contributed by atoms with Crippen molar-refractivity contribution in [3.8, 4) is 0 Å². The second-order valence-electron chi connectivity index (χ2n) is 6.83. The third kappa shape index (κ3) is 4.57. The average Bonchev–Trinajstić information content (AvgIpc) is 3.26. The zero-order chi connectivity index (χ0) is 22.1. The maximum Gasteiger partial charge on any atom is 0.333 e. The fourth-order valence-corrected chi connectivity index (χ4v) is 4.60. The summed E-state index contributed by atoms with van der Waals surface area (Å²) < 4.78 is 69.2. The van der Waals surface area contributed by atoms with E-state index in [1.54, 1.807) is 17.8 Å². The van der Waals surface area contributed by atoms with Crippen LogP contribution in [0.5, 0.6) is 0 Å². The SMILES string of the molecule is CCn1cc(CN(Cc2ccc(F)cc2)S(=O)(=O)c2cn(C(F)F)nc2C)c(C)n1. The van der Waals surface area contributed by atoms with Gasteiger partial charge in [-0.3, -0.25) is 4.68 Å². The van der Waals surface area contributed by atoms with Gasteiger partial charge >= 0.3 is 6.55 Å². The van der Waals surface area contributed by atoms with Crippen molar-refractivity contribution in [3.05, 3.63) is 65.0 Å². The highest BCUT2D eigenvalue weighted by Crippen LogP contribution is 2.25. The summed E-state index contributed by atoms with van der Waals surface area (Å²) in [6.07, 6.45) is 2.58. The monoisotopic (exact) mass is 441 g/mol. The first-order chi connectivity index (χ1) is 14.1. The van der Waals surface area contributed by atoms with Gasteiger partial charge in [-0.25, -0.2) is 17.5 Å². The van der Waals surface area contributed by atoms with Gasteiger partial charge in [-0.1, -0.05) is 12.1 Å². The number of alkyl halides is 2. The van der Waals surface area contributed by atoms with Crippen LogP contribution in [-0.4, -0.2) is 32.3 Å². The van der Waals surface area contributed by atoms with Crippen LogP contribution in [0.4, 0.5) is 13.2 Å². The van der Waals surface area contributed by atoms with E-state index >= 15 is 0 Å². The van der Waals surface area contributed by atoms with E-state index in [9.17, 15) is 21.6 Å². The molecule has 3 aromatic rings. The van der Waals surface area contributed by atoms with Gasteiger partial charge in [0.05, 0.1) is 17.6 Å². The minimum atomic E-state index is -4.18. The van der Waals surface area contributed by atoms with E-state index in [0.29, 0.717) is 28.0 Å². The molecule has 11 heteroatoms. The highest BCUT2D eigenvalue weighted by molar-refractivity contribution is 7.89. The van der Waals surface area contributed by atoms with Gasteiger partial charge in [-0.15, -0.1) is 0 Å². The molecule has 7 nitrogen and oxygen atoms in total. The Bertz CT molecular complexity index is 1120. The third-order valence-electron chi connectivity index (χ3n) is 4.68. The Balaban J connectivity index is 2.02. The van der Waals surface area contributed by atoms with Crippen LogP contribution in [0, 0.1) is 19.7 Å². The van der Waals surface area contributed by atoms with Gasteiger partial charge in [-0.2, -0.15) is 23.3 Å². The standard InChI is InChI=1S/C19H22F3N5O2S/c1-4-25-10-16(13(2)23-25)11-26(9-15-5-7-17(20)8-6-15)30(28,29)18-12-27(19(21)22)24-14(18)3/h5-8,10,12,19H,4,9,11H2,1-3H3. The Morgan fingerprint density at radius 3 is 2.23 bits per heavy atom. The molecule has 0 N–H and O–H groups in total. The molecule has 0 aliphatic rings. The zero-order valence-corrected chi connectivity index (χ0v) is 17.6. The molecule has 0 bridgehead atoms. The lowest BCUT2D eigenvalue weighted by molar-refractivity contribution is 0.0561. The summed E-state index contributed by atoms with van der Waals surface area (Å²) in [6.45, 7) is 2.61. The fraction of sp³-hybridized carbons (Fsp3) is 0.368. The molecule has 0 aliphatic heterocycles. The first kappa shape index (κ1) is 22.0. The summed E-state index contributed by atoms with van der Waals surface area (Å²) in [4.78, 5) is -0.301. The van der Waals surface area contributed by atoms with Crippen molar-refractivity contribution in [3.63, 3.8) is 0 Å². The number of halogens is 3. The average molecular weight is 441 g/mol. The molecular formula is C19H22F3N5O2S. The van der Waals surface area contributed by atoms with Crippen LogP contribution in [0.25, 0.3) is 0 Å². The molecule has 2 aromatic heterocycles. The summed E-state index contributed by atoms with van der Waals surface area (Å²) in [5, 5.41) is 7.94. The number of rotatable bonds is 8. The van der Waals surface area contributed by atoms with Gasteiger partial charge in [0.1, 0.15) is 10.7 Å². The number of hydrogen-bond donors (Lipinski definition) is 0. The Morgan fingerprint density at radius 1 is 1.03 bits per heavy atom. The summed E-state index contributed by atoms with van der Waals surface area (Å²) in [5.41, 5.74) is 1.87. The Morgan fingerprint density at radius 2 is 1.70 bits per heavy atom. The van der Waals surface area contributed by atoms with Gasteiger partial charge in [0, 0.05) is 31.4 Å². The fourth-order valence-electron chi connectivity index (χ4n) is 3.04. The normalized spacial score (nSPS) is 12.3. The third-order valence-corrected chi connectivity index (χ3v) is 6.57. The summed E-state index contributed by atoms with van der Waals surface area (Å²) in [5.74, 6) is -0.442. The lowest BCUT2D eigenvalue weighted by Crippen LogP contribution is -2.30. The van der Waals surface area contributed by atoms with Crippen molar-refractivity contribution in [2.45, 2.75) is 51.9 Å². The van der Waals surface area contributed by atoms with E-state index in [-0.39, 0.29) is 23.7 Å². The lowest BCUT2D eigenvalue weighted by Gasteiger charge is -2.22. The van der Waals surface area contributed by atoms with Crippen molar-refractivity contribution >= 4 is 10.0 Å². The van der Waals surface area contributed by atoms with Gasteiger partial charge in [0.2, 0.25) is 10.0 Å². The van der Waals surface area contributed by atoms with Crippen LogP contribution >= 0.6 is 0 Å². The molecule has 0 unspecified atom stereocenters. The molecule has 0 amide bonds. The summed E-state index contributed by atoms with van der Waals surface area (Å²) >= 11 is 0. The molecule has 3 rings (SSSR count). The molecule has 30 heavy (non-hydrogen) atoms. The molecule has 0 saturated heterocycles. The van der Waals surface area contributed by atoms with E-state index < -0.39 is 22.4 Å². The van der Waals surface area contributed by atoms with Gasteiger partial charge in [-0.05, 0) is 38.5 Å². The Labute approximate surface area is 172 Å². The van der Waals surface area contributed by atoms with E-state index in [1.807, 2.05) is 6.92 Å². The molecule has 0 fully saturated rings. The summed E-state index contributed by atoms with van der Waals surface area (Å²) in [6, 6.07) is 5.44. The van der Waals surface area contributed by atoms with Gasteiger partial charge in [0.15, 0.2) is 0 Å². The second-order valence-corrected chi connectivity index (χ2v) is 8.74. The molecule has 0 spiro atoms. The first-order valence-corrected chi connectivity index (χ1v) is 10.7. The predicted octanol–water partition coefficient (Wildman–Crippen LogP) is 3.64. The Kier molecular flexibility index (Phi) is 6.32. The van der Waals surface area contributed by atoms with Gasteiger partial charge in [0.25, 0.3) is 0 Å². The number of hydrogen-bond acceptors (Lipinski definition) is 4. The van der Waals surface area contributed by atoms with Crippen LogP contribution < -0.4 is 0 Å². The van der Waals surface area contributed by atoms with E-state index in [4.69, 9.17) is 0 Å². The van der Waals surface area contributed by atoms with Crippen LogP contribution in [0.1, 0.15) is 36.0 Å². The zero-order valence-electron chi connectivity index (χ0n) is 16.8. The maximum absolute atomic E-state index is 13.4. The maximum atomic E-state index is 13.4. The van der Waals surface area contributed by atoms with Gasteiger partial charge < -0.3 is 0 Å². The topological polar surface area (TPSA) is 73.0 Å². The number of aromatic nitrogens is 4. The first-order valence-electron chi connectivity index (χ1n) is 9.23. The van der Waals surface area contributed by atoms with E-state index in [1.165, 1.54) is 31.2 Å². The van der Waals surface area contributed by atoms with E-state index in [2.05, 4.69) is 10.2 Å². The number of benzene rings is 1. The lowest BCUT2D eigenvalue weighted by atomic mass is 10.2. The minimum absolute atomic E-state index is 0.0230. The molecule has 0 saturated carbocycles. The molecule has 0 atom stereocenters. The van der Waals surface area contributed by atoms with Crippen LogP contribution in [0.15, 0.2) is 41.6 Å². The largest absolute Gasteiger partial charge is 0.333 e. The smallest absolute Gasteiger partial charge is 0.272 e. The molecule has 1 aromatic carbocycles. The number of nitrogens with zero attached hydrogens (tertiary/aromatic N) is 5. The second kappa shape index (κ2) is 8.60. The molecular weight excluding hydrogens is 419 g/mol. The highest BCUT2D eigenvalue weighted by atomic mass is 32.2. The van der Waals surface area contributed by atoms with Crippen molar-refractivity contribution in [2.75, 3.05) is 0 Å². The quantitative estimate of drug-likeness (QED) is 0.535. The minimum Gasteiger partial charge on any atom is -0.272 e. The van der Waals surface area contributed by atoms with Crippen LogP contribution in [0.3, 0.4) is 0 Å². The number of aryl methyl sites for hydroxylation is 3. The predicted molar refractivity (Wildman–Crippen MR) is 104 cm³/mol. The van der Waals surface area contributed by atoms with E-state index in [0.717, 1.165) is 10.5 Å². The van der Waals surface area contributed by atoms with Crippen molar-refractivity contribution < 1.29 is 21.6 Å². The van der Waals surface area contributed by atoms with Crippen LogP contribution in [-0.2, 0) is 29.7 Å². The molecule has 2 heterocycles. The van der Waals surface area contributed by atoms with Crippen LogP contribution in [0.2, 0.25) is 0 Å². The Hall–Kier alpha value is -2.66.